The van der Waals surface area contributed by atoms with Crippen LogP contribution in [-0.4, -0.2) is 12.1 Å². The predicted molar refractivity (Wildman–Crippen MR) is 85.3 cm³/mol. The molecule has 0 saturated heterocycles. The number of aromatic nitrogens is 1. The van der Waals surface area contributed by atoms with E-state index in [0.717, 1.165) is 46.9 Å². The van der Waals surface area contributed by atoms with E-state index in [-0.39, 0.29) is 5.56 Å². The van der Waals surface area contributed by atoms with Crippen molar-refractivity contribution in [2.24, 2.45) is 0 Å². The van der Waals surface area contributed by atoms with E-state index in [2.05, 4.69) is 17.1 Å². The summed E-state index contributed by atoms with van der Waals surface area (Å²) >= 11 is 0. The van der Waals surface area contributed by atoms with Gasteiger partial charge >= 0.3 is 0 Å². The third-order valence-electron chi connectivity index (χ3n) is 4.53. The molecule has 3 heteroatoms. The molecule has 3 aromatic rings. The average molecular weight is 279 g/mol. The van der Waals surface area contributed by atoms with Gasteiger partial charge in [0.15, 0.2) is 0 Å². The predicted octanol–water partition coefficient (Wildman–Crippen LogP) is 3.57. The SMILES string of the molecule is COc1ccc2c(ccc3c4c(c(=O)[nH]c32)CCCC4)c1. The first kappa shape index (κ1) is 12.5. The van der Waals surface area contributed by atoms with E-state index in [0.29, 0.717) is 0 Å². The zero-order valence-electron chi connectivity index (χ0n) is 12.0. The molecule has 0 radical (unpaired) electrons. The summed E-state index contributed by atoms with van der Waals surface area (Å²) in [5.41, 5.74) is 3.28. The van der Waals surface area contributed by atoms with Crippen molar-refractivity contribution in [1.29, 1.82) is 0 Å². The summed E-state index contributed by atoms with van der Waals surface area (Å²) in [5.74, 6) is 0.835. The molecule has 1 aliphatic rings. The molecule has 106 valence electrons. The van der Waals surface area contributed by atoms with Gasteiger partial charge in [0, 0.05) is 16.3 Å². The molecule has 0 saturated carbocycles. The third-order valence-corrected chi connectivity index (χ3v) is 4.53. The number of rotatable bonds is 1. The Kier molecular flexibility index (Phi) is 2.74. The molecule has 0 fully saturated rings. The van der Waals surface area contributed by atoms with Crippen LogP contribution in [0.5, 0.6) is 5.75 Å². The van der Waals surface area contributed by atoms with Crippen LogP contribution in [0.1, 0.15) is 24.0 Å². The molecule has 21 heavy (non-hydrogen) atoms. The van der Waals surface area contributed by atoms with E-state index in [1.807, 2.05) is 18.2 Å². The van der Waals surface area contributed by atoms with Gasteiger partial charge in [0.2, 0.25) is 0 Å². The van der Waals surface area contributed by atoms with Gasteiger partial charge in [0.25, 0.3) is 5.56 Å². The maximum absolute atomic E-state index is 12.4. The molecule has 0 unspecified atom stereocenters. The summed E-state index contributed by atoms with van der Waals surface area (Å²) in [7, 11) is 1.67. The Morgan fingerprint density at radius 2 is 1.76 bits per heavy atom. The number of pyridine rings is 1. The second kappa shape index (κ2) is 4.62. The summed E-state index contributed by atoms with van der Waals surface area (Å²) in [6.45, 7) is 0. The van der Waals surface area contributed by atoms with Crippen molar-refractivity contribution in [1.82, 2.24) is 4.98 Å². The van der Waals surface area contributed by atoms with Gasteiger partial charge in [-0.05, 0) is 54.8 Å². The van der Waals surface area contributed by atoms with Gasteiger partial charge in [-0.3, -0.25) is 4.79 Å². The van der Waals surface area contributed by atoms with E-state index in [4.69, 9.17) is 4.74 Å². The van der Waals surface area contributed by atoms with Crippen LogP contribution < -0.4 is 10.3 Å². The minimum atomic E-state index is 0.0838. The minimum Gasteiger partial charge on any atom is -0.497 e. The fourth-order valence-electron chi connectivity index (χ4n) is 3.46. The molecule has 0 spiro atoms. The first-order valence-electron chi connectivity index (χ1n) is 7.42. The van der Waals surface area contributed by atoms with Crippen LogP contribution in [0.15, 0.2) is 35.1 Å². The molecule has 4 rings (SSSR count). The smallest absolute Gasteiger partial charge is 0.251 e. The van der Waals surface area contributed by atoms with Crippen LogP contribution in [0.3, 0.4) is 0 Å². The fraction of sp³-hybridized carbons (Fsp3) is 0.278. The number of benzene rings is 2. The summed E-state index contributed by atoms with van der Waals surface area (Å²) in [6.07, 6.45) is 4.21. The molecule has 0 atom stereocenters. The van der Waals surface area contributed by atoms with Crippen LogP contribution in [0.4, 0.5) is 0 Å². The van der Waals surface area contributed by atoms with Crippen LogP contribution in [0.2, 0.25) is 0 Å². The first-order valence-corrected chi connectivity index (χ1v) is 7.42. The fourth-order valence-corrected chi connectivity index (χ4v) is 3.46. The summed E-state index contributed by atoms with van der Waals surface area (Å²) in [5, 5.41) is 3.37. The Balaban J connectivity index is 2.12. The zero-order valence-corrected chi connectivity index (χ0v) is 12.0. The number of H-pyrrole nitrogens is 1. The highest BCUT2D eigenvalue weighted by atomic mass is 16.5. The molecule has 1 aliphatic carbocycles. The number of fused-ring (bicyclic) bond motifs is 5. The molecule has 1 heterocycles. The van der Waals surface area contributed by atoms with Gasteiger partial charge < -0.3 is 9.72 Å². The number of nitrogens with one attached hydrogen (secondary N) is 1. The molecule has 0 aliphatic heterocycles. The van der Waals surface area contributed by atoms with E-state index >= 15 is 0 Å². The monoisotopic (exact) mass is 279 g/mol. The van der Waals surface area contributed by atoms with E-state index in [9.17, 15) is 4.79 Å². The number of hydrogen-bond donors (Lipinski definition) is 1. The largest absolute Gasteiger partial charge is 0.497 e. The number of aromatic amines is 1. The van der Waals surface area contributed by atoms with Gasteiger partial charge in [-0.15, -0.1) is 0 Å². The number of ether oxygens (including phenoxy) is 1. The maximum atomic E-state index is 12.4. The van der Waals surface area contributed by atoms with Crippen LogP contribution in [-0.2, 0) is 12.8 Å². The van der Waals surface area contributed by atoms with Gasteiger partial charge in [0.1, 0.15) is 5.75 Å². The van der Waals surface area contributed by atoms with Crippen molar-refractivity contribution in [3.05, 3.63) is 51.8 Å². The number of aryl methyl sites for hydroxylation is 1. The van der Waals surface area contributed by atoms with Crippen LogP contribution in [0.25, 0.3) is 21.7 Å². The average Bonchev–Trinajstić information content (AvgIpc) is 2.54. The van der Waals surface area contributed by atoms with Crippen molar-refractivity contribution in [2.45, 2.75) is 25.7 Å². The molecule has 0 bridgehead atoms. The van der Waals surface area contributed by atoms with Crippen molar-refractivity contribution >= 4 is 21.7 Å². The van der Waals surface area contributed by atoms with Crippen molar-refractivity contribution < 1.29 is 4.74 Å². The summed E-state index contributed by atoms with van der Waals surface area (Å²) in [4.78, 5) is 15.5. The third kappa shape index (κ3) is 1.84. The maximum Gasteiger partial charge on any atom is 0.251 e. The van der Waals surface area contributed by atoms with Crippen molar-refractivity contribution in [3.63, 3.8) is 0 Å². The summed E-state index contributed by atoms with van der Waals surface area (Å²) in [6, 6.07) is 10.2. The van der Waals surface area contributed by atoms with Gasteiger partial charge in [0.05, 0.1) is 12.6 Å². The molecule has 2 aromatic carbocycles. The second-order valence-corrected chi connectivity index (χ2v) is 5.69. The Hall–Kier alpha value is -2.29. The molecule has 3 nitrogen and oxygen atoms in total. The lowest BCUT2D eigenvalue weighted by atomic mass is 9.89. The topological polar surface area (TPSA) is 42.1 Å². The summed E-state index contributed by atoms with van der Waals surface area (Å²) < 4.78 is 5.28. The number of methoxy groups -OCH3 is 1. The molecular weight excluding hydrogens is 262 g/mol. The highest BCUT2D eigenvalue weighted by molar-refractivity contribution is 6.06. The van der Waals surface area contributed by atoms with E-state index in [1.165, 1.54) is 17.4 Å². The highest BCUT2D eigenvalue weighted by Gasteiger charge is 2.17. The lowest BCUT2D eigenvalue weighted by Gasteiger charge is -2.17. The standard InChI is InChI=1S/C18H17NO2/c1-21-12-7-9-13-11(10-12)6-8-15-14-4-2-3-5-16(14)18(20)19-17(13)15/h6-10H,2-5H2,1H3,(H,19,20). The first-order chi connectivity index (χ1) is 10.3. The van der Waals surface area contributed by atoms with Gasteiger partial charge in [-0.2, -0.15) is 0 Å². The molecule has 1 aromatic heterocycles. The van der Waals surface area contributed by atoms with Crippen LogP contribution in [0, 0.1) is 0 Å². The van der Waals surface area contributed by atoms with Gasteiger partial charge in [-0.1, -0.05) is 12.1 Å². The Bertz CT molecular complexity index is 908. The second-order valence-electron chi connectivity index (χ2n) is 5.69. The molecular formula is C18H17NO2. The minimum absolute atomic E-state index is 0.0838. The lowest BCUT2D eigenvalue weighted by molar-refractivity contribution is 0.415. The van der Waals surface area contributed by atoms with E-state index in [1.54, 1.807) is 7.11 Å². The lowest BCUT2D eigenvalue weighted by Crippen LogP contribution is -2.19. The molecule has 0 amide bonds. The number of hydrogen-bond acceptors (Lipinski definition) is 2. The van der Waals surface area contributed by atoms with E-state index < -0.39 is 0 Å². The quantitative estimate of drug-likeness (QED) is 0.692. The zero-order chi connectivity index (χ0) is 14.4. The molecule has 1 N–H and O–H groups in total. The normalized spacial score (nSPS) is 14.3. The van der Waals surface area contributed by atoms with Crippen molar-refractivity contribution in [2.75, 3.05) is 7.11 Å². The van der Waals surface area contributed by atoms with Crippen molar-refractivity contribution in [3.8, 4) is 5.75 Å². The Morgan fingerprint density at radius 1 is 1.00 bits per heavy atom. The Morgan fingerprint density at radius 3 is 2.57 bits per heavy atom. The Labute approximate surface area is 122 Å². The highest BCUT2D eigenvalue weighted by Crippen LogP contribution is 2.31. The van der Waals surface area contributed by atoms with Gasteiger partial charge in [-0.25, -0.2) is 0 Å². The van der Waals surface area contributed by atoms with Crippen LogP contribution >= 0.6 is 0 Å².